The Kier molecular flexibility index (Phi) is 7.10. The Labute approximate surface area is 180 Å². The molecule has 0 aliphatic heterocycles. The summed E-state index contributed by atoms with van der Waals surface area (Å²) in [6, 6.07) is 5.31. The molecule has 1 aromatic carbocycles. The van der Waals surface area contributed by atoms with Crippen LogP contribution in [0.25, 0.3) is 12.2 Å². The summed E-state index contributed by atoms with van der Waals surface area (Å²) >= 11 is 35.0. The highest BCUT2D eigenvalue weighted by molar-refractivity contribution is 6.67. The van der Waals surface area contributed by atoms with E-state index in [0.29, 0.717) is 11.5 Å². The Morgan fingerprint density at radius 3 is 1.58 bits per heavy atom. The summed E-state index contributed by atoms with van der Waals surface area (Å²) in [5.41, 5.74) is 0.757. The van der Waals surface area contributed by atoms with Crippen molar-refractivity contribution < 1.29 is 9.47 Å². The smallest absolute Gasteiger partial charge is 0.250 e. The van der Waals surface area contributed by atoms with Gasteiger partial charge in [0.2, 0.25) is 7.59 Å². The van der Waals surface area contributed by atoms with Crippen molar-refractivity contribution >= 4 is 81.8 Å². The van der Waals surface area contributed by atoms with E-state index in [-0.39, 0.29) is 17.5 Å². The zero-order chi connectivity index (χ0) is 19.5. The van der Waals surface area contributed by atoms with Gasteiger partial charge < -0.3 is 9.47 Å². The lowest BCUT2D eigenvalue weighted by molar-refractivity contribution is 0.394. The molecule has 0 aliphatic carbocycles. The van der Waals surface area contributed by atoms with Crippen LogP contribution in [0.2, 0.25) is 0 Å². The van der Waals surface area contributed by atoms with Gasteiger partial charge in [-0.1, -0.05) is 75.7 Å². The lowest BCUT2D eigenvalue weighted by atomic mass is 10.2. The van der Waals surface area contributed by atoms with Crippen LogP contribution in [-0.4, -0.2) is 29.2 Å². The summed E-state index contributed by atoms with van der Waals surface area (Å²) in [6.45, 7) is 0. The fourth-order valence-corrected chi connectivity index (χ4v) is 2.32. The molecule has 2 aromatic rings. The van der Waals surface area contributed by atoms with Crippen LogP contribution in [0, 0.1) is 0 Å². The van der Waals surface area contributed by atoms with Gasteiger partial charge in [0.25, 0.3) is 0 Å². The van der Waals surface area contributed by atoms with Crippen molar-refractivity contribution in [3.63, 3.8) is 0 Å². The molecule has 0 bridgehead atoms. The molecule has 0 amide bonds. The zero-order valence-electron chi connectivity index (χ0n) is 13.3. The van der Waals surface area contributed by atoms with E-state index < -0.39 is 7.59 Å². The molecule has 0 saturated carbocycles. The molecular formula is C15H11Cl6N3O2. The predicted molar refractivity (Wildman–Crippen MR) is 107 cm³/mol. The monoisotopic (exact) mass is 475 g/mol. The van der Waals surface area contributed by atoms with Gasteiger partial charge in [-0.25, -0.2) is 15.0 Å². The second-order valence-corrected chi connectivity index (χ2v) is 9.38. The Hall–Kier alpha value is -0.690. The molecule has 2 rings (SSSR count). The first-order valence-electron chi connectivity index (χ1n) is 6.84. The van der Waals surface area contributed by atoms with Crippen LogP contribution >= 0.6 is 69.6 Å². The third kappa shape index (κ3) is 5.91. The molecule has 0 saturated heterocycles. The third-order valence-electron chi connectivity index (χ3n) is 2.96. The van der Waals surface area contributed by atoms with E-state index in [2.05, 4.69) is 15.0 Å². The minimum atomic E-state index is -1.91. The molecule has 0 spiro atoms. The average Bonchev–Trinajstić information content (AvgIpc) is 2.57. The van der Waals surface area contributed by atoms with Crippen LogP contribution in [0.4, 0.5) is 0 Å². The number of rotatable bonds is 4. The Morgan fingerprint density at radius 1 is 0.731 bits per heavy atom. The van der Waals surface area contributed by atoms with Crippen molar-refractivity contribution in [2.24, 2.45) is 0 Å². The van der Waals surface area contributed by atoms with Gasteiger partial charge >= 0.3 is 0 Å². The topological polar surface area (TPSA) is 57.1 Å². The first-order chi connectivity index (χ1) is 12.0. The minimum Gasteiger partial charge on any atom is -0.497 e. The maximum atomic E-state index is 5.84. The van der Waals surface area contributed by atoms with Crippen molar-refractivity contribution in [3.8, 4) is 11.5 Å². The summed E-state index contributed by atoms with van der Waals surface area (Å²) in [5, 5.41) is 0. The van der Waals surface area contributed by atoms with E-state index >= 15 is 0 Å². The molecule has 0 aliphatic rings. The maximum Gasteiger partial charge on any atom is 0.250 e. The first-order valence-corrected chi connectivity index (χ1v) is 9.11. The number of hydrogen-bond donors (Lipinski definition) is 0. The molecular weight excluding hydrogens is 467 g/mol. The summed E-state index contributed by atoms with van der Waals surface area (Å²) in [4.78, 5) is 12.0. The van der Waals surface area contributed by atoms with Gasteiger partial charge in [0.1, 0.15) is 11.5 Å². The number of aromatic nitrogens is 3. The molecule has 0 fully saturated rings. The van der Waals surface area contributed by atoms with Crippen LogP contribution in [-0.2, 0) is 7.59 Å². The van der Waals surface area contributed by atoms with E-state index in [1.165, 1.54) is 0 Å². The highest BCUT2D eigenvalue weighted by atomic mass is 35.6. The summed E-state index contributed by atoms with van der Waals surface area (Å²) in [6.07, 6.45) is 3.25. The summed E-state index contributed by atoms with van der Waals surface area (Å²) in [7, 11) is 3.10. The number of nitrogens with zero attached hydrogens (tertiary/aromatic N) is 3. The summed E-state index contributed by atoms with van der Waals surface area (Å²) < 4.78 is 6.62. The molecule has 5 nitrogen and oxygen atoms in total. The second-order valence-electron chi connectivity index (χ2n) is 4.82. The largest absolute Gasteiger partial charge is 0.497 e. The fraction of sp³-hybridized carbons (Fsp3) is 0.267. The van der Waals surface area contributed by atoms with Gasteiger partial charge in [-0.15, -0.1) is 0 Å². The van der Waals surface area contributed by atoms with Crippen molar-refractivity contribution in [2.75, 3.05) is 14.2 Å². The van der Waals surface area contributed by atoms with Crippen LogP contribution in [0.1, 0.15) is 23.0 Å². The number of ether oxygens (including phenoxy) is 2. The van der Waals surface area contributed by atoms with Crippen molar-refractivity contribution in [1.82, 2.24) is 15.0 Å². The van der Waals surface area contributed by atoms with E-state index in [1.54, 1.807) is 44.6 Å². The van der Waals surface area contributed by atoms with Crippen molar-refractivity contribution in [1.29, 1.82) is 0 Å². The highest BCUT2D eigenvalue weighted by Crippen LogP contribution is 2.40. The van der Waals surface area contributed by atoms with E-state index in [9.17, 15) is 0 Å². The minimum absolute atomic E-state index is 0.143. The quantitative estimate of drug-likeness (QED) is 0.528. The molecule has 1 heterocycles. The predicted octanol–water partition coefficient (Wildman–Crippen LogP) is 5.71. The van der Waals surface area contributed by atoms with Gasteiger partial charge in [0, 0.05) is 6.07 Å². The Bertz CT molecular complexity index is 764. The van der Waals surface area contributed by atoms with Crippen LogP contribution in [0.5, 0.6) is 11.5 Å². The Balaban J connectivity index is 2.47. The van der Waals surface area contributed by atoms with Crippen LogP contribution in [0.15, 0.2) is 18.2 Å². The highest BCUT2D eigenvalue weighted by Gasteiger charge is 2.33. The molecule has 0 atom stereocenters. The molecule has 11 heteroatoms. The number of halogens is 6. The molecule has 0 N–H and O–H groups in total. The number of hydrogen-bond acceptors (Lipinski definition) is 5. The lowest BCUT2D eigenvalue weighted by Gasteiger charge is -2.14. The molecule has 1 aromatic heterocycles. The SMILES string of the molecule is COc1cc(/C=C/c2nc(C(Cl)(Cl)Cl)nc(C(Cl)(Cl)Cl)n2)cc(OC)c1. The third-order valence-corrected chi connectivity index (χ3v) is 3.97. The number of benzene rings is 1. The van der Waals surface area contributed by atoms with Crippen LogP contribution < -0.4 is 9.47 Å². The van der Waals surface area contributed by atoms with Gasteiger partial charge in [-0.3, -0.25) is 0 Å². The van der Waals surface area contributed by atoms with E-state index in [0.717, 1.165) is 5.56 Å². The van der Waals surface area contributed by atoms with Crippen molar-refractivity contribution in [2.45, 2.75) is 7.59 Å². The normalized spacial score (nSPS) is 12.5. The number of methoxy groups -OCH3 is 2. The molecule has 26 heavy (non-hydrogen) atoms. The number of alkyl halides is 6. The van der Waals surface area contributed by atoms with Gasteiger partial charge in [-0.2, -0.15) is 0 Å². The van der Waals surface area contributed by atoms with Gasteiger partial charge in [-0.05, 0) is 23.8 Å². The average molecular weight is 478 g/mol. The second kappa shape index (κ2) is 8.55. The van der Waals surface area contributed by atoms with Crippen LogP contribution in [0.3, 0.4) is 0 Å². The summed E-state index contributed by atoms with van der Waals surface area (Å²) in [5.74, 6) is 1.04. The van der Waals surface area contributed by atoms with E-state index in [4.69, 9.17) is 79.1 Å². The van der Waals surface area contributed by atoms with E-state index in [1.807, 2.05) is 0 Å². The fourth-order valence-electron chi connectivity index (χ4n) is 1.82. The molecule has 0 radical (unpaired) electrons. The Morgan fingerprint density at radius 2 is 1.19 bits per heavy atom. The van der Waals surface area contributed by atoms with Crippen molar-refractivity contribution in [3.05, 3.63) is 41.2 Å². The maximum absolute atomic E-state index is 5.84. The van der Waals surface area contributed by atoms with Gasteiger partial charge in [0.15, 0.2) is 17.5 Å². The first kappa shape index (κ1) is 21.6. The molecule has 0 unspecified atom stereocenters. The molecule has 140 valence electrons. The lowest BCUT2D eigenvalue weighted by Crippen LogP contribution is -2.16. The standard InChI is InChI=1S/C15H11Cl6N3O2/c1-25-9-5-8(6-10(7-9)26-2)3-4-11-22-12(14(16,17)18)24-13(23-11)15(19,20)21/h3-7H,1-2H3/b4-3+. The zero-order valence-corrected chi connectivity index (χ0v) is 17.8. The van der Waals surface area contributed by atoms with Gasteiger partial charge in [0.05, 0.1) is 14.2 Å².